The van der Waals surface area contributed by atoms with Crippen molar-refractivity contribution < 1.29 is 12.8 Å². The number of hydrogen-bond donors (Lipinski definition) is 1. The molecule has 0 bridgehead atoms. The maximum Gasteiger partial charge on any atom is 0.243 e. The van der Waals surface area contributed by atoms with E-state index in [9.17, 15) is 12.8 Å². The molecule has 0 saturated heterocycles. The zero-order chi connectivity index (χ0) is 13.9. The van der Waals surface area contributed by atoms with Gasteiger partial charge in [0, 0.05) is 11.0 Å². The van der Waals surface area contributed by atoms with Crippen LogP contribution in [0.15, 0.2) is 39.2 Å². The van der Waals surface area contributed by atoms with Gasteiger partial charge in [0.15, 0.2) is 0 Å². The molecule has 2 rings (SSSR count). The zero-order valence-electron chi connectivity index (χ0n) is 10.3. The summed E-state index contributed by atoms with van der Waals surface area (Å²) >= 11 is 3.10. The van der Waals surface area contributed by atoms with E-state index in [1.54, 1.807) is 0 Å². The van der Waals surface area contributed by atoms with E-state index in [1.165, 1.54) is 17.7 Å². The van der Waals surface area contributed by atoms with Crippen LogP contribution in [0, 0.1) is 5.82 Å². The van der Waals surface area contributed by atoms with Gasteiger partial charge in [-0.3, -0.25) is 0 Å². The summed E-state index contributed by atoms with van der Waals surface area (Å²) in [5, 5.41) is 0. The fourth-order valence-electron chi connectivity index (χ4n) is 2.08. The van der Waals surface area contributed by atoms with Crippen molar-refractivity contribution in [3.05, 3.63) is 40.1 Å². The van der Waals surface area contributed by atoms with Gasteiger partial charge in [-0.25, -0.2) is 17.5 Å². The number of hydrogen-bond acceptors (Lipinski definition) is 2. The third kappa shape index (κ3) is 3.87. The molecular formula is C13H15BrFNO2S. The summed E-state index contributed by atoms with van der Waals surface area (Å²) in [5.41, 5.74) is 1.28. The van der Waals surface area contributed by atoms with Gasteiger partial charge in [0.2, 0.25) is 10.0 Å². The summed E-state index contributed by atoms with van der Waals surface area (Å²) in [7, 11) is -3.77. The molecular weight excluding hydrogens is 333 g/mol. The summed E-state index contributed by atoms with van der Waals surface area (Å²) < 4.78 is 40.5. The predicted molar refractivity (Wildman–Crippen MR) is 75.8 cm³/mol. The number of rotatable bonds is 5. The van der Waals surface area contributed by atoms with Crippen LogP contribution >= 0.6 is 15.9 Å². The third-order valence-corrected chi connectivity index (χ3v) is 5.04. The minimum Gasteiger partial charge on any atom is -0.211 e. The first-order valence-electron chi connectivity index (χ1n) is 6.12. The summed E-state index contributed by atoms with van der Waals surface area (Å²) in [4.78, 5) is -0.309. The molecule has 1 aliphatic carbocycles. The molecule has 0 aromatic heterocycles. The van der Waals surface area contributed by atoms with Crippen molar-refractivity contribution in [2.24, 2.45) is 0 Å². The van der Waals surface area contributed by atoms with Crippen LogP contribution in [0.3, 0.4) is 0 Å². The molecule has 0 spiro atoms. The number of nitrogens with one attached hydrogen (secondary N) is 1. The summed E-state index contributed by atoms with van der Waals surface area (Å²) in [6.07, 6.45) is 6.09. The molecule has 0 aliphatic heterocycles. The minimum absolute atomic E-state index is 0.309. The topological polar surface area (TPSA) is 46.2 Å². The predicted octanol–water partition coefficient (Wildman–Crippen LogP) is 3.37. The Morgan fingerprint density at radius 2 is 2.16 bits per heavy atom. The van der Waals surface area contributed by atoms with Gasteiger partial charge in [0.05, 0.1) is 0 Å². The first-order chi connectivity index (χ1) is 8.99. The van der Waals surface area contributed by atoms with Gasteiger partial charge in [0.1, 0.15) is 10.7 Å². The van der Waals surface area contributed by atoms with Gasteiger partial charge in [-0.05, 0) is 43.9 Å². The molecule has 0 unspecified atom stereocenters. The molecule has 3 nitrogen and oxygen atoms in total. The maximum atomic E-state index is 13.6. The highest BCUT2D eigenvalue weighted by Crippen LogP contribution is 2.21. The van der Waals surface area contributed by atoms with Crippen LogP contribution in [0.25, 0.3) is 0 Å². The van der Waals surface area contributed by atoms with E-state index in [1.807, 2.05) is 0 Å². The Morgan fingerprint density at radius 1 is 1.37 bits per heavy atom. The third-order valence-electron chi connectivity index (χ3n) is 3.06. The summed E-state index contributed by atoms with van der Waals surface area (Å²) in [6.45, 7) is 0.309. The van der Waals surface area contributed by atoms with Crippen molar-refractivity contribution in [3.8, 4) is 0 Å². The molecule has 19 heavy (non-hydrogen) atoms. The van der Waals surface area contributed by atoms with Crippen LogP contribution in [-0.4, -0.2) is 15.0 Å². The lowest BCUT2D eigenvalue weighted by Crippen LogP contribution is -2.25. The monoisotopic (exact) mass is 347 g/mol. The fraction of sp³-hybridized carbons (Fsp3) is 0.385. The molecule has 1 aromatic carbocycles. The largest absolute Gasteiger partial charge is 0.243 e. The van der Waals surface area contributed by atoms with E-state index in [-0.39, 0.29) is 4.90 Å². The van der Waals surface area contributed by atoms with E-state index >= 15 is 0 Å². The number of halogens is 2. The quantitative estimate of drug-likeness (QED) is 0.830. The Morgan fingerprint density at radius 3 is 2.79 bits per heavy atom. The molecule has 0 radical (unpaired) electrons. The van der Waals surface area contributed by atoms with Crippen molar-refractivity contribution in [2.75, 3.05) is 6.54 Å². The SMILES string of the molecule is O=S(=O)(NCCC1=CCCC1)c1ccc(Br)cc1F. The van der Waals surface area contributed by atoms with Crippen LogP contribution in [0.4, 0.5) is 4.39 Å². The molecule has 0 fully saturated rings. The van der Waals surface area contributed by atoms with Gasteiger partial charge in [-0.1, -0.05) is 27.6 Å². The van der Waals surface area contributed by atoms with Gasteiger partial charge >= 0.3 is 0 Å². The highest BCUT2D eigenvalue weighted by Gasteiger charge is 2.18. The second kappa shape index (κ2) is 6.15. The van der Waals surface area contributed by atoms with Crippen molar-refractivity contribution in [1.82, 2.24) is 4.72 Å². The highest BCUT2D eigenvalue weighted by molar-refractivity contribution is 9.10. The first-order valence-corrected chi connectivity index (χ1v) is 8.39. The average molecular weight is 348 g/mol. The lowest BCUT2D eigenvalue weighted by atomic mass is 10.2. The maximum absolute atomic E-state index is 13.6. The minimum atomic E-state index is -3.77. The Bertz CT molecular complexity index is 599. The van der Waals surface area contributed by atoms with Gasteiger partial charge in [0.25, 0.3) is 0 Å². The number of benzene rings is 1. The molecule has 104 valence electrons. The van der Waals surface area contributed by atoms with Crippen LogP contribution in [0.5, 0.6) is 0 Å². The van der Waals surface area contributed by atoms with Crippen molar-refractivity contribution in [3.63, 3.8) is 0 Å². The van der Waals surface area contributed by atoms with Crippen LogP contribution in [0.2, 0.25) is 0 Å². The normalized spacial score (nSPS) is 15.6. The van der Waals surface area contributed by atoms with Crippen LogP contribution in [0.1, 0.15) is 25.7 Å². The van der Waals surface area contributed by atoms with E-state index in [2.05, 4.69) is 26.7 Å². The molecule has 1 aliphatic rings. The van der Waals surface area contributed by atoms with E-state index in [4.69, 9.17) is 0 Å². The lowest BCUT2D eigenvalue weighted by molar-refractivity contribution is 0.556. The molecule has 0 heterocycles. The van der Waals surface area contributed by atoms with E-state index < -0.39 is 15.8 Å². The molecule has 6 heteroatoms. The standard InChI is InChI=1S/C13H15BrFNO2S/c14-11-5-6-13(12(15)9-11)19(17,18)16-8-7-10-3-1-2-4-10/h3,5-6,9,16H,1-2,4,7-8H2. The number of allylic oxidation sites excluding steroid dienone is 1. The Kier molecular flexibility index (Phi) is 4.76. The van der Waals surface area contributed by atoms with E-state index in [0.717, 1.165) is 25.3 Å². The average Bonchev–Trinajstić information content (AvgIpc) is 2.81. The molecule has 0 atom stereocenters. The van der Waals surface area contributed by atoms with E-state index in [0.29, 0.717) is 17.4 Å². The lowest BCUT2D eigenvalue weighted by Gasteiger charge is -2.08. The number of sulfonamides is 1. The molecule has 0 amide bonds. The summed E-state index contributed by atoms with van der Waals surface area (Å²) in [5.74, 6) is -0.748. The van der Waals surface area contributed by atoms with Crippen molar-refractivity contribution in [2.45, 2.75) is 30.6 Å². The summed E-state index contributed by atoms with van der Waals surface area (Å²) in [6, 6.07) is 3.92. The van der Waals surface area contributed by atoms with Crippen LogP contribution < -0.4 is 4.72 Å². The smallest absolute Gasteiger partial charge is 0.211 e. The second-order valence-electron chi connectivity index (χ2n) is 4.48. The van der Waals surface area contributed by atoms with Crippen LogP contribution in [-0.2, 0) is 10.0 Å². The molecule has 0 saturated carbocycles. The van der Waals surface area contributed by atoms with Crippen molar-refractivity contribution >= 4 is 26.0 Å². The first kappa shape index (κ1) is 14.7. The Hall–Kier alpha value is -0.720. The van der Waals surface area contributed by atoms with Gasteiger partial charge in [-0.2, -0.15) is 0 Å². The highest BCUT2D eigenvalue weighted by atomic mass is 79.9. The van der Waals surface area contributed by atoms with Gasteiger partial charge in [-0.15, -0.1) is 0 Å². The Balaban J connectivity index is 2.01. The van der Waals surface area contributed by atoms with Crippen molar-refractivity contribution in [1.29, 1.82) is 0 Å². The fourth-order valence-corrected chi connectivity index (χ4v) is 3.50. The second-order valence-corrected chi connectivity index (χ2v) is 7.13. The molecule has 1 N–H and O–H groups in total. The zero-order valence-corrected chi connectivity index (χ0v) is 12.7. The van der Waals surface area contributed by atoms with Gasteiger partial charge < -0.3 is 0 Å². The Labute approximate surface area is 121 Å². The molecule has 1 aromatic rings.